The second-order valence-corrected chi connectivity index (χ2v) is 4.79. The molecule has 2 unspecified atom stereocenters. The summed E-state index contributed by atoms with van der Waals surface area (Å²) in [5.74, 6) is 0.481. The largest absolute Gasteiger partial charge is 0.198 e. The maximum absolute atomic E-state index is 9.31. The second kappa shape index (κ2) is 5.70. The molecule has 0 spiro atoms. The predicted molar refractivity (Wildman–Crippen MR) is 68.3 cm³/mol. The molecule has 0 heterocycles. The summed E-state index contributed by atoms with van der Waals surface area (Å²) in [7, 11) is 0. The van der Waals surface area contributed by atoms with Crippen LogP contribution in [-0.4, -0.2) is 0 Å². The first-order chi connectivity index (χ1) is 7.58. The molecule has 0 fully saturated rings. The van der Waals surface area contributed by atoms with Gasteiger partial charge < -0.3 is 0 Å². The van der Waals surface area contributed by atoms with Gasteiger partial charge >= 0.3 is 0 Å². The van der Waals surface area contributed by atoms with E-state index < -0.39 is 0 Å². The van der Waals surface area contributed by atoms with E-state index in [9.17, 15) is 5.26 Å². The molecular formula is C15H21N. The van der Waals surface area contributed by atoms with E-state index in [4.69, 9.17) is 0 Å². The van der Waals surface area contributed by atoms with Gasteiger partial charge in [-0.2, -0.15) is 5.26 Å². The molecule has 0 saturated carbocycles. The van der Waals surface area contributed by atoms with Crippen molar-refractivity contribution in [2.24, 2.45) is 5.92 Å². The zero-order valence-corrected chi connectivity index (χ0v) is 10.7. The minimum Gasteiger partial charge on any atom is -0.198 e. The van der Waals surface area contributed by atoms with Crippen molar-refractivity contribution in [3.05, 3.63) is 34.9 Å². The number of nitriles is 1. The van der Waals surface area contributed by atoms with Crippen molar-refractivity contribution in [2.75, 3.05) is 0 Å². The van der Waals surface area contributed by atoms with Crippen LogP contribution in [0.5, 0.6) is 0 Å². The number of nitrogens with zero attached hydrogens (tertiary/aromatic N) is 1. The molecule has 0 N–H and O–H groups in total. The van der Waals surface area contributed by atoms with Crippen LogP contribution in [0.3, 0.4) is 0 Å². The van der Waals surface area contributed by atoms with Crippen LogP contribution in [0.15, 0.2) is 18.2 Å². The van der Waals surface area contributed by atoms with Gasteiger partial charge in [-0.3, -0.25) is 0 Å². The summed E-state index contributed by atoms with van der Waals surface area (Å²) in [6.45, 7) is 8.53. The van der Waals surface area contributed by atoms with Crippen LogP contribution in [-0.2, 0) is 0 Å². The standard InChI is InChI=1S/C15H21N/c1-5-6-13(4)15(10-16)14-8-11(2)7-12(3)9-14/h7-9,13,15H,5-6H2,1-4H3. The smallest absolute Gasteiger partial charge is 0.0738 e. The Morgan fingerprint density at radius 2 is 1.75 bits per heavy atom. The van der Waals surface area contributed by atoms with E-state index in [1.54, 1.807) is 0 Å². The van der Waals surface area contributed by atoms with Gasteiger partial charge in [0.2, 0.25) is 0 Å². The summed E-state index contributed by atoms with van der Waals surface area (Å²) in [4.78, 5) is 0. The quantitative estimate of drug-likeness (QED) is 0.732. The SMILES string of the molecule is CCCC(C)C(C#N)c1cc(C)cc(C)c1. The van der Waals surface area contributed by atoms with E-state index in [1.165, 1.54) is 16.7 Å². The predicted octanol–water partition coefficient (Wildman–Crippen LogP) is 4.35. The van der Waals surface area contributed by atoms with Crippen LogP contribution in [0.1, 0.15) is 49.3 Å². The number of benzene rings is 1. The molecular weight excluding hydrogens is 194 g/mol. The van der Waals surface area contributed by atoms with Crippen molar-refractivity contribution in [3.8, 4) is 6.07 Å². The third kappa shape index (κ3) is 3.10. The van der Waals surface area contributed by atoms with E-state index in [1.807, 2.05) is 0 Å². The van der Waals surface area contributed by atoms with Crippen molar-refractivity contribution in [1.82, 2.24) is 0 Å². The highest BCUT2D eigenvalue weighted by Crippen LogP contribution is 2.28. The molecule has 0 aliphatic rings. The van der Waals surface area contributed by atoms with Crippen molar-refractivity contribution in [3.63, 3.8) is 0 Å². The molecule has 0 bridgehead atoms. The number of rotatable bonds is 4. The Morgan fingerprint density at radius 1 is 1.19 bits per heavy atom. The van der Waals surface area contributed by atoms with E-state index in [0.29, 0.717) is 5.92 Å². The van der Waals surface area contributed by atoms with Gasteiger partial charge in [-0.25, -0.2) is 0 Å². The molecule has 0 aliphatic carbocycles. The van der Waals surface area contributed by atoms with Crippen LogP contribution >= 0.6 is 0 Å². The van der Waals surface area contributed by atoms with Crippen molar-refractivity contribution in [2.45, 2.75) is 46.5 Å². The molecule has 86 valence electrons. The van der Waals surface area contributed by atoms with Gasteiger partial charge in [0, 0.05) is 0 Å². The molecule has 0 aromatic heterocycles. The van der Waals surface area contributed by atoms with E-state index >= 15 is 0 Å². The van der Waals surface area contributed by atoms with Crippen LogP contribution in [0.4, 0.5) is 0 Å². The molecule has 2 atom stereocenters. The first kappa shape index (κ1) is 12.8. The van der Waals surface area contributed by atoms with Crippen LogP contribution in [0.2, 0.25) is 0 Å². The van der Waals surface area contributed by atoms with Gasteiger partial charge in [0.15, 0.2) is 0 Å². The monoisotopic (exact) mass is 215 g/mol. The highest BCUT2D eigenvalue weighted by atomic mass is 14.3. The molecule has 1 aromatic rings. The van der Waals surface area contributed by atoms with Gasteiger partial charge in [-0.1, -0.05) is 49.6 Å². The van der Waals surface area contributed by atoms with Crippen molar-refractivity contribution < 1.29 is 0 Å². The first-order valence-electron chi connectivity index (χ1n) is 6.06. The zero-order chi connectivity index (χ0) is 12.1. The minimum absolute atomic E-state index is 0.0403. The van der Waals surface area contributed by atoms with Crippen LogP contribution in [0.25, 0.3) is 0 Å². The van der Waals surface area contributed by atoms with Gasteiger partial charge in [0.05, 0.1) is 12.0 Å². The van der Waals surface area contributed by atoms with E-state index in [-0.39, 0.29) is 5.92 Å². The third-order valence-electron chi connectivity index (χ3n) is 3.06. The summed E-state index contributed by atoms with van der Waals surface area (Å²) < 4.78 is 0. The zero-order valence-electron chi connectivity index (χ0n) is 10.7. The van der Waals surface area contributed by atoms with Crippen molar-refractivity contribution >= 4 is 0 Å². The van der Waals surface area contributed by atoms with E-state index in [2.05, 4.69) is 52.0 Å². The number of hydrogen-bond donors (Lipinski definition) is 0. The normalized spacial score (nSPS) is 14.2. The fourth-order valence-corrected chi connectivity index (χ4v) is 2.34. The summed E-state index contributed by atoms with van der Waals surface area (Å²) in [5.41, 5.74) is 3.68. The number of hydrogen-bond acceptors (Lipinski definition) is 1. The average molecular weight is 215 g/mol. The van der Waals surface area contributed by atoms with Crippen molar-refractivity contribution in [1.29, 1.82) is 5.26 Å². The van der Waals surface area contributed by atoms with Gasteiger partial charge in [0.1, 0.15) is 0 Å². The highest BCUT2D eigenvalue weighted by molar-refractivity contribution is 5.34. The molecule has 0 aliphatic heterocycles. The Hall–Kier alpha value is -1.29. The maximum atomic E-state index is 9.31. The molecule has 1 rings (SSSR count). The molecule has 0 amide bonds. The lowest BCUT2D eigenvalue weighted by molar-refractivity contribution is 0.483. The summed E-state index contributed by atoms with van der Waals surface area (Å²) in [6.07, 6.45) is 2.26. The molecule has 1 heteroatoms. The van der Waals surface area contributed by atoms with Gasteiger partial charge in [-0.05, 0) is 31.7 Å². The topological polar surface area (TPSA) is 23.8 Å². The summed E-state index contributed by atoms with van der Waals surface area (Å²) in [5, 5.41) is 9.31. The fraction of sp³-hybridized carbons (Fsp3) is 0.533. The van der Waals surface area contributed by atoms with Gasteiger partial charge in [-0.15, -0.1) is 0 Å². The fourth-order valence-electron chi connectivity index (χ4n) is 2.34. The Balaban J connectivity index is 3.00. The Morgan fingerprint density at radius 3 is 2.19 bits per heavy atom. The first-order valence-corrected chi connectivity index (χ1v) is 6.06. The summed E-state index contributed by atoms with van der Waals surface area (Å²) >= 11 is 0. The molecule has 1 nitrogen and oxygen atoms in total. The Labute approximate surface area is 99.1 Å². The van der Waals surface area contributed by atoms with Crippen LogP contribution < -0.4 is 0 Å². The minimum atomic E-state index is 0.0403. The van der Waals surface area contributed by atoms with E-state index in [0.717, 1.165) is 12.8 Å². The lowest BCUT2D eigenvalue weighted by Gasteiger charge is -2.18. The van der Waals surface area contributed by atoms with Crippen LogP contribution in [0, 0.1) is 31.1 Å². The molecule has 0 radical (unpaired) electrons. The molecule has 1 aromatic carbocycles. The Bertz CT molecular complexity index is 367. The summed E-state index contributed by atoms with van der Waals surface area (Å²) in [6, 6.07) is 8.90. The molecule has 0 saturated heterocycles. The molecule has 16 heavy (non-hydrogen) atoms. The lowest BCUT2D eigenvalue weighted by atomic mass is 9.84. The Kier molecular flexibility index (Phi) is 4.55. The lowest BCUT2D eigenvalue weighted by Crippen LogP contribution is -2.08. The maximum Gasteiger partial charge on any atom is 0.0738 e. The third-order valence-corrected chi connectivity index (χ3v) is 3.06. The second-order valence-electron chi connectivity index (χ2n) is 4.79. The average Bonchev–Trinajstić information content (AvgIpc) is 2.17. The highest BCUT2D eigenvalue weighted by Gasteiger charge is 2.18. The number of aryl methyl sites for hydroxylation is 2. The van der Waals surface area contributed by atoms with Gasteiger partial charge in [0.25, 0.3) is 0 Å².